The Kier molecular flexibility index (Phi) is 16.7. The van der Waals surface area contributed by atoms with Crippen molar-refractivity contribution in [1.82, 2.24) is 0 Å². The molecule has 0 aliphatic heterocycles. The zero-order valence-electron chi connectivity index (χ0n) is 12.7. The Morgan fingerprint density at radius 3 is 2.00 bits per heavy atom. The van der Waals surface area contributed by atoms with Crippen molar-refractivity contribution in [3.63, 3.8) is 0 Å². The molecule has 0 saturated carbocycles. The monoisotopic (exact) mass is 264 g/mol. The lowest BCUT2D eigenvalue weighted by Gasteiger charge is -2.10. The van der Waals surface area contributed by atoms with Crippen LogP contribution in [-0.2, 0) is 9.47 Å². The molecule has 18 heavy (non-hydrogen) atoms. The van der Waals surface area contributed by atoms with Gasteiger partial charge in [-0.05, 0) is 34.1 Å². The molecule has 0 aromatic rings. The van der Waals surface area contributed by atoms with Crippen molar-refractivity contribution in [3.05, 3.63) is 0 Å². The Morgan fingerprint density at radius 2 is 1.61 bits per heavy atom. The van der Waals surface area contributed by atoms with Crippen LogP contribution in [0.5, 0.6) is 0 Å². The number of hydrogen-bond acceptors (Lipinski definition) is 4. The summed E-state index contributed by atoms with van der Waals surface area (Å²) in [5.41, 5.74) is 0. The molecular weight excluding hydrogens is 232 g/mol. The third kappa shape index (κ3) is 21.2. The maximum absolute atomic E-state index is 8.69. The number of ether oxygens (including phenoxy) is 2. The third-order valence-corrected chi connectivity index (χ3v) is 2.08. The van der Waals surface area contributed by atoms with Crippen molar-refractivity contribution in [3.8, 4) is 0 Å². The zero-order valence-corrected chi connectivity index (χ0v) is 12.7. The Balaban J connectivity index is 0. The molecule has 0 aliphatic carbocycles. The van der Waals surface area contributed by atoms with Gasteiger partial charge in [0.15, 0.2) is 0 Å². The van der Waals surface area contributed by atoms with Gasteiger partial charge in [-0.1, -0.05) is 19.8 Å². The summed E-state index contributed by atoms with van der Waals surface area (Å²) >= 11 is 0. The third-order valence-electron chi connectivity index (χ3n) is 2.08. The zero-order chi connectivity index (χ0) is 14.4. The van der Waals surface area contributed by atoms with Crippen molar-refractivity contribution in [2.45, 2.75) is 72.2 Å². The van der Waals surface area contributed by atoms with Crippen LogP contribution in [0, 0.1) is 0 Å². The van der Waals surface area contributed by atoms with Gasteiger partial charge >= 0.3 is 0 Å². The molecule has 0 saturated heterocycles. The smallest absolute Gasteiger partial charge is 0.0779 e. The second-order valence-corrected chi connectivity index (χ2v) is 4.80. The summed E-state index contributed by atoms with van der Waals surface area (Å²) < 4.78 is 10.3. The summed E-state index contributed by atoms with van der Waals surface area (Å²) in [6, 6.07) is 0. The highest BCUT2D eigenvalue weighted by atomic mass is 16.5. The van der Waals surface area contributed by atoms with E-state index in [1.165, 1.54) is 19.3 Å². The predicted molar refractivity (Wildman–Crippen MR) is 74.8 cm³/mol. The van der Waals surface area contributed by atoms with Crippen LogP contribution in [0.4, 0.5) is 0 Å². The fourth-order valence-corrected chi connectivity index (χ4v) is 1.03. The summed E-state index contributed by atoms with van der Waals surface area (Å²) in [7, 11) is 0. The first-order valence-electron chi connectivity index (χ1n) is 6.96. The first-order chi connectivity index (χ1) is 8.43. The minimum Gasteiger partial charge on any atom is -0.394 e. The summed E-state index contributed by atoms with van der Waals surface area (Å²) in [6.45, 7) is 11.0. The Morgan fingerprint density at radius 1 is 1.00 bits per heavy atom. The van der Waals surface area contributed by atoms with Crippen molar-refractivity contribution in [2.75, 3.05) is 19.8 Å². The fourth-order valence-electron chi connectivity index (χ4n) is 1.03. The minimum atomic E-state index is -0.445. The Bertz CT molecular complexity index is 149. The summed E-state index contributed by atoms with van der Waals surface area (Å²) in [6.07, 6.45) is 3.59. The lowest BCUT2D eigenvalue weighted by atomic mass is 10.3. The van der Waals surface area contributed by atoms with Crippen LogP contribution in [0.25, 0.3) is 0 Å². The molecule has 2 N–H and O–H groups in total. The second kappa shape index (κ2) is 14.9. The Hall–Kier alpha value is -0.160. The lowest BCUT2D eigenvalue weighted by molar-refractivity contribution is -0.0177. The molecule has 112 valence electrons. The van der Waals surface area contributed by atoms with Gasteiger partial charge in [0, 0.05) is 6.61 Å². The minimum absolute atomic E-state index is 0.00667. The highest BCUT2D eigenvalue weighted by molar-refractivity contribution is 4.47. The quantitative estimate of drug-likeness (QED) is 0.628. The van der Waals surface area contributed by atoms with Gasteiger partial charge in [0.2, 0.25) is 0 Å². The van der Waals surface area contributed by atoms with Crippen LogP contribution >= 0.6 is 0 Å². The van der Waals surface area contributed by atoms with Gasteiger partial charge in [-0.25, -0.2) is 0 Å². The highest BCUT2D eigenvalue weighted by Gasteiger charge is 2.00. The van der Waals surface area contributed by atoms with Gasteiger partial charge < -0.3 is 19.7 Å². The molecule has 0 aromatic heterocycles. The Labute approximate surface area is 112 Å². The number of aliphatic hydroxyl groups excluding tert-OH is 2. The van der Waals surface area contributed by atoms with Crippen LogP contribution in [0.1, 0.15) is 53.9 Å². The van der Waals surface area contributed by atoms with Gasteiger partial charge in [0.25, 0.3) is 0 Å². The molecule has 0 amide bonds. The van der Waals surface area contributed by atoms with Crippen molar-refractivity contribution < 1.29 is 19.7 Å². The van der Waals surface area contributed by atoms with Crippen LogP contribution in [0.2, 0.25) is 0 Å². The second-order valence-electron chi connectivity index (χ2n) is 4.80. The molecular formula is C14H32O4. The largest absolute Gasteiger partial charge is 0.394 e. The SMILES string of the molecule is CC(O)COC(C)CO.CCCCCOC(C)C. The average Bonchev–Trinajstić information content (AvgIpc) is 2.32. The van der Waals surface area contributed by atoms with Crippen LogP contribution < -0.4 is 0 Å². The van der Waals surface area contributed by atoms with E-state index in [0.29, 0.717) is 12.7 Å². The fraction of sp³-hybridized carbons (Fsp3) is 1.00. The summed E-state index contributed by atoms with van der Waals surface area (Å²) in [5, 5.41) is 17.1. The first kappa shape index (κ1) is 20.2. The van der Waals surface area contributed by atoms with Gasteiger partial charge in [-0.3, -0.25) is 0 Å². The number of aliphatic hydroxyl groups is 2. The topological polar surface area (TPSA) is 58.9 Å². The van der Waals surface area contributed by atoms with E-state index in [0.717, 1.165) is 6.61 Å². The lowest BCUT2D eigenvalue weighted by Crippen LogP contribution is -2.19. The van der Waals surface area contributed by atoms with E-state index in [1.807, 2.05) is 0 Å². The molecule has 0 rings (SSSR count). The molecule has 2 unspecified atom stereocenters. The molecule has 4 nitrogen and oxygen atoms in total. The maximum Gasteiger partial charge on any atom is 0.0779 e. The van der Waals surface area contributed by atoms with Crippen LogP contribution in [-0.4, -0.2) is 48.3 Å². The van der Waals surface area contributed by atoms with E-state index in [2.05, 4.69) is 20.8 Å². The average molecular weight is 264 g/mol. The van der Waals surface area contributed by atoms with Crippen molar-refractivity contribution >= 4 is 0 Å². The van der Waals surface area contributed by atoms with E-state index in [4.69, 9.17) is 19.7 Å². The van der Waals surface area contributed by atoms with Gasteiger partial charge in [0.1, 0.15) is 0 Å². The van der Waals surface area contributed by atoms with Gasteiger partial charge in [-0.15, -0.1) is 0 Å². The maximum atomic E-state index is 8.69. The predicted octanol–water partition coefficient (Wildman–Crippen LogP) is 2.37. The summed E-state index contributed by atoms with van der Waals surface area (Å²) in [5.74, 6) is 0. The van der Waals surface area contributed by atoms with Crippen molar-refractivity contribution in [2.24, 2.45) is 0 Å². The van der Waals surface area contributed by atoms with Gasteiger partial charge in [-0.2, -0.15) is 0 Å². The van der Waals surface area contributed by atoms with Crippen LogP contribution in [0.3, 0.4) is 0 Å². The van der Waals surface area contributed by atoms with Crippen LogP contribution in [0.15, 0.2) is 0 Å². The van der Waals surface area contributed by atoms with E-state index >= 15 is 0 Å². The molecule has 0 radical (unpaired) electrons. The van der Waals surface area contributed by atoms with Crippen molar-refractivity contribution in [1.29, 1.82) is 0 Å². The van der Waals surface area contributed by atoms with E-state index < -0.39 is 6.10 Å². The first-order valence-corrected chi connectivity index (χ1v) is 6.96. The molecule has 0 spiro atoms. The molecule has 0 aliphatic rings. The molecule has 4 heteroatoms. The number of hydrogen-bond donors (Lipinski definition) is 2. The molecule has 0 heterocycles. The highest BCUT2D eigenvalue weighted by Crippen LogP contribution is 1.96. The molecule has 0 bridgehead atoms. The molecule has 0 aromatic carbocycles. The number of rotatable bonds is 9. The normalized spacial score (nSPS) is 14.0. The summed E-state index contributed by atoms with van der Waals surface area (Å²) in [4.78, 5) is 0. The molecule has 0 fully saturated rings. The van der Waals surface area contributed by atoms with Gasteiger partial charge in [0.05, 0.1) is 31.5 Å². The number of unbranched alkanes of at least 4 members (excludes halogenated alkanes) is 2. The van der Waals surface area contributed by atoms with E-state index in [-0.39, 0.29) is 12.7 Å². The molecule has 2 atom stereocenters. The standard InChI is InChI=1S/C8H18O.C6H14O3/c1-4-5-6-7-9-8(2)3;1-5(8)4-9-6(2)3-7/h8H,4-7H2,1-3H3;5-8H,3-4H2,1-2H3. The van der Waals surface area contributed by atoms with E-state index in [9.17, 15) is 0 Å². The van der Waals surface area contributed by atoms with E-state index in [1.54, 1.807) is 13.8 Å².